The number of nitrogens with zero attached hydrogens (tertiary/aromatic N) is 2. The molecule has 0 aliphatic rings. The summed E-state index contributed by atoms with van der Waals surface area (Å²) in [6.07, 6.45) is 1.17. The van der Waals surface area contributed by atoms with Gasteiger partial charge in [0.1, 0.15) is 0 Å². The summed E-state index contributed by atoms with van der Waals surface area (Å²) in [5.41, 5.74) is 8.34. The van der Waals surface area contributed by atoms with Crippen LogP contribution in [0.4, 0.5) is 5.69 Å². The molecule has 0 fully saturated rings. The summed E-state index contributed by atoms with van der Waals surface area (Å²) in [5.74, 6) is 0. The number of benzene rings is 1. The summed E-state index contributed by atoms with van der Waals surface area (Å²) in [6.45, 7) is 7.41. The first-order chi connectivity index (χ1) is 8.95. The largest absolute Gasteiger partial charge is 0.371 e. The van der Waals surface area contributed by atoms with Crippen molar-refractivity contribution in [3.05, 3.63) is 28.2 Å². The van der Waals surface area contributed by atoms with Crippen molar-refractivity contribution < 1.29 is 0 Å². The lowest BCUT2D eigenvalue weighted by molar-refractivity contribution is 0.400. The van der Waals surface area contributed by atoms with Crippen LogP contribution >= 0.6 is 15.9 Å². The molecule has 3 nitrogen and oxygen atoms in total. The minimum absolute atomic E-state index is 0.0779. The molecule has 0 aliphatic heterocycles. The Morgan fingerprint density at radius 1 is 1.26 bits per heavy atom. The van der Waals surface area contributed by atoms with Crippen molar-refractivity contribution >= 4 is 21.6 Å². The second-order valence-electron chi connectivity index (χ2n) is 5.24. The summed E-state index contributed by atoms with van der Waals surface area (Å²) < 4.78 is 1.13. The van der Waals surface area contributed by atoms with Crippen molar-refractivity contribution in [3.8, 4) is 0 Å². The smallest absolute Gasteiger partial charge is 0.0510 e. The van der Waals surface area contributed by atoms with E-state index in [9.17, 15) is 0 Å². The van der Waals surface area contributed by atoms with Gasteiger partial charge < -0.3 is 15.5 Å². The van der Waals surface area contributed by atoms with Gasteiger partial charge in [-0.05, 0) is 74.5 Å². The maximum atomic E-state index is 5.91. The highest BCUT2D eigenvalue weighted by molar-refractivity contribution is 9.10. The van der Waals surface area contributed by atoms with E-state index in [1.54, 1.807) is 0 Å². The Kier molecular flexibility index (Phi) is 6.83. The van der Waals surface area contributed by atoms with E-state index in [0.29, 0.717) is 0 Å². The van der Waals surface area contributed by atoms with E-state index in [1.165, 1.54) is 17.7 Å². The molecule has 4 heteroatoms. The van der Waals surface area contributed by atoms with Crippen molar-refractivity contribution in [3.63, 3.8) is 0 Å². The molecule has 0 heterocycles. The van der Waals surface area contributed by atoms with E-state index in [1.807, 2.05) is 6.92 Å². The fourth-order valence-corrected chi connectivity index (χ4v) is 2.74. The van der Waals surface area contributed by atoms with Gasteiger partial charge in [0.05, 0.1) is 5.69 Å². The first-order valence-corrected chi connectivity index (χ1v) is 7.69. The second kappa shape index (κ2) is 7.88. The van der Waals surface area contributed by atoms with Crippen molar-refractivity contribution in [2.24, 2.45) is 5.73 Å². The van der Waals surface area contributed by atoms with Gasteiger partial charge >= 0.3 is 0 Å². The van der Waals surface area contributed by atoms with Gasteiger partial charge in [-0.2, -0.15) is 0 Å². The van der Waals surface area contributed by atoms with Crippen LogP contribution in [0, 0.1) is 0 Å². The molecule has 0 bridgehead atoms. The molecular formula is C15H26BrN3. The van der Waals surface area contributed by atoms with Gasteiger partial charge in [-0.1, -0.05) is 6.07 Å². The number of nitrogens with two attached hydrogens (primary N) is 1. The van der Waals surface area contributed by atoms with Crippen LogP contribution in [0.3, 0.4) is 0 Å². The molecule has 0 spiro atoms. The maximum absolute atomic E-state index is 5.91. The van der Waals surface area contributed by atoms with Gasteiger partial charge in [0.25, 0.3) is 0 Å². The molecule has 1 rings (SSSR count). The Labute approximate surface area is 125 Å². The van der Waals surface area contributed by atoms with Crippen molar-refractivity contribution in [1.29, 1.82) is 0 Å². The normalized spacial score (nSPS) is 12.8. The Balaban J connectivity index is 2.75. The minimum atomic E-state index is 0.0779. The third-order valence-corrected chi connectivity index (χ3v) is 3.89. The quantitative estimate of drug-likeness (QED) is 0.834. The summed E-state index contributed by atoms with van der Waals surface area (Å²) in [4.78, 5) is 4.63. The van der Waals surface area contributed by atoms with Crippen LogP contribution in [0.5, 0.6) is 0 Å². The van der Waals surface area contributed by atoms with Gasteiger partial charge in [-0.3, -0.25) is 0 Å². The highest BCUT2D eigenvalue weighted by Crippen LogP contribution is 2.29. The Morgan fingerprint density at radius 3 is 2.42 bits per heavy atom. The number of anilines is 1. The van der Waals surface area contributed by atoms with Crippen LogP contribution in [0.2, 0.25) is 0 Å². The number of hydrogen-bond donors (Lipinski definition) is 1. The fourth-order valence-electron chi connectivity index (χ4n) is 2.09. The van der Waals surface area contributed by atoms with Crippen molar-refractivity contribution in [2.45, 2.75) is 26.3 Å². The second-order valence-corrected chi connectivity index (χ2v) is 6.09. The van der Waals surface area contributed by atoms with Crippen LogP contribution in [0.25, 0.3) is 0 Å². The first-order valence-electron chi connectivity index (χ1n) is 6.90. The Hall–Kier alpha value is -0.580. The zero-order chi connectivity index (χ0) is 14.4. The molecule has 2 N–H and O–H groups in total. The molecule has 0 saturated heterocycles. The molecule has 0 aliphatic carbocycles. The Bertz CT molecular complexity index is 391. The minimum Gasteiger partial charge on any atom is -0.371 e. The van der Waals surface area contributed by atoms with Gasteiger partial charge in [-0.15, -0.1) is 0 Å². The predicted molar refractivity (Wildman–Crippen MR) is 87.8 cm³/mol. The highest BCUT2D eigenvalue weighted by atomic mass is 79.9. The average Bonchev–Trinajstić information content (AvgIpc) is 2.34. The number of hydrogen-bond acceptors (Lipinski definition) is 3. The van der Waals surface area contributed by atoms with E-state index < -0.39 is 0 Å². The summed E-state index contributed by atoms with van der Waals surface area (Å²) in [5, 5.41) is 0. The Morgan fingerprint density at radius 2 is 1.95 bits per heavy atom. The molecule has 0 aromatic heterocycles. The van der Waals surface area contributed by atoms with Gasteiger partial charge in [0.15, 0.2) is 0 Å². The first kappa shape index (κ1) is 16.5. The molecule has 0 unspecified atom stereocenters. The van der Waals surface area contributed by atoms with Crippen LogP contribution in [0.1, 0.15) is 31.9 Å². The van der Waals surface area contributed by atoms with Crippen LogP contribution in [-0.2, 0) is 0 Å². The van der Waals surface area contributed by atoms with E-state index in [0.717, 1.165) is 24.1 Å². The van der Waals surface area contributed by atoms with E-state index >= 15 is 0 Å². The topological polar surface area (TPSA) is 32.5 Å². The predicted octanol–water partition coefficient (Wildman–Crippen LogP) is 3.25. The van der Waals surface area contributed by atoms with E-state index in [2.05, 4.69) is 64.9 Å². The highest BCUT2D eigenvalue weighted by Gasteiger charge is 2.10. The molecule has 1 aromatic rings. The molecule has 19 heavy (non-hydrogen) atoms. The molecule has 108 valence electrons. The summed E-state index contributed by atoms with van der Waals surface area (Å²) in [7, 11) is 4.23. The lowest BCUT2D eigenvalue weighted by Crippen LogP contribution is -2.27. The van der Waals surface area contributed by atoms with Gasteiger partial charge in [0, 0.05) is 23.6 Å². The third-order valence-electron chi connectivity index (χ3n) is 3.25. The van der Waals surface area contributed by atoms with Crippen molar-refractivity contribution in [1.82, 2.24) is 4.90 Å². The number of rotatable bonds is 7. The zero-order valence-electron chi connectivity index (χ0n) is 12.5. The molecule has 1 atom stereocenters. The maximum Gasteiger partial charge on any atom is 0.0510 e. The lowest BCUT2D eigenvalue weighted by Gasteiger charge is -2.25. The van der Waals surface area contributed by atoms with Crippen molar-refractivity contribution in [2.75, 3.05) is 38.6 Å². The molecule has 0 amide bonds. The zero-order valence-corrected chi connectivity index (χ0v) is 14.1. The standard InChI is InChI=1S/C15H26BrN3/c1-5-19(10-6-9-18(3)4)15-8-7-13(12(2)17)11-14(15)16/h7-8,11-12H,5-6,9-10,17H2,1-4H3/t12-/m0/s1. The van der Waals surface area contributed by atoms with Crippen LogP contribution < -0.4 is 10.6 Å². The van der Waals surface area contributed by atoms with Gasteiger partial charge in [-0.25, -0.2) is 0 Å². The summed E-state index contributed by atoms with van der Waals surface area (Å²) >= 11 is 3.67. The molecule has 1 aromatic carbocycles. The molecule has 0 saturated carbocycles. The average molecular weight is 328 g/mol. The van der Waals surface area contributed by atoms with Gasteiger partial charge in [0.2, 0.25) is 0 Å². The van der Waals surface area contributed by atoms with Crippen LogP contribution in [-0.4, -0.2) is 38.6 Å². The van der Waals surface area contributed by atoms with E-state index in [-0.39, 0.29) is 6.04 Å². The van der Waals surface area contributed by atoms with E-state index in [4.69, 9.17) is 5.73 Å². The fraction of sp³-hybridized carbons (Fsp3) is 0.600. The molecule has 0 radical (unpaired) electrons. The third kappa shape index (κ3) is 5.13. The summed E-state index contributed by atoms with van der Waals surface area (Å²) in [6, 6.07) is 6.50. The SMILES string of the molecule is CCN(CCCN(C)C)c1ccc([C@H](C)N)cc1Br. The molecular weight excluding hydrogens is 302 g/mol. The monoisotopic (exact) mass is 327 g/mol. The lowest BCUT2D eigenvalue weighted by atomic mass is 10.1. The number of halogens is 1. The van der Waals surface area contributed by atoms with Crippen LogP contribution in [0.15, 0.2) is 22.7 Å².